The van der Waals surface area contributed by atoms with E-state index in [0.717, 1.165) is 44.9 Å². The van der Waals surface area contributed by atoms with Crippen LogP contribution in [0.1, 0.15) is 239 Å². The molecule has 6 atom stereocenters. The summed E-state index contributed by atoms with van der Waals surface area (Å²) < 4.78 is 22.9. The van der Waals surface area contributed by atoms with E-state index in [-0.39, 0.29) is 19.2 Å². The average molecular weight is 919 g/mol. The van der Waals surface area contributed by atoms with E-state index in [1.807, 2.05) is 0 Å². The van der Waals surface area contributed by atoms with Crippen LogP contribution in [0.4, 0.5) is 0 Å². The predicted molar refractivity (Wildman–Crippen MR) is 270 cm³/mol. The molecule has 0 spiro atoms. The minimum Gasteiger partial charge on any atom is -0.457 e. The number of allylic oxidation sites excluding steroid dienone is 8. The summed E-state index contributed by atoms with van der Waals surface area (Å²) in [6, 6.07) is 0. The molecule has 0 radical (unpaired) electrons. The number of hydrogen-bond acceptors (Lipinski definition) is 9. The molecular formula is C56H102O9. The minimum atomic E-state index is -1.54. The summed E-state index contributed by atoms with van der Waals surface area (Å²) in [6.07, 6.45) is 52.9. The van der Waals surface area contributed by atoms with Crippen LogP contribution in [-0.2, 0) is 23.7 Å². The van der Waals surface area contributed by atoms with Crippen molar-refractivity contribution in [2.75, 3.05) is 26.4 Å². The first-order valence-electron chi connectivity index (χ1n) is 27.2. The molecule has 6 unspecified atom stereocenters. The Balaban J connectivity index is 2.18. The molecular weight excluding hydrogens is 817 g/mol. The highest BCUT2D eigenvalue weighted by atomic mass is 16.7. The van der Waals surface area contributed by atoms with Gasteiger partial charge in [0, 0.05) is 13.0 Å². The second-order valence-corrected chi connectivity index (χ2v) is 18.7. The molecule has 0 aromatic carbocycles. The maximum absolute atomic E-state index is 12.9. The highest BCUT2D eigenvalue weighted by Gasteiger charge is 2.44. The number of aliphatic hydroxyl groups excluding tert-OH is 4. The summed E-state index contributed by atoms with van der Waals surface area (Å²) in [7, 11) is 0. The lowest BCUT2D eigenvalue weighted by atomic mass is 9.99. The number of carbonyl (C=O) groups is 1. The van der Waals surface area contributed by atoms with Crippen molar-refractivity contribution in [2.45, 2.75) is 275 Å². The second kappa shape index (κ2) is 47.2. The lowest BCUT2D eigenvalue weighted by molar-refractivity contribution is -0.305. The molecule has 9 nitrogen and oxygen atoms in total. The van der Waals surface area contributed by atoms with Gasteiger partial charge >= 0.3 is 5.97 Å². The van der Waals surface area contributed by atoms with Crippen LogP contribution >= 0.6 is 0 Å². The van der Waals surface area contributed by atoms with Crippen molar-refractivity contribution in [1.82, 2.24) is 0 Å². The highest BCUT2D eigenvalue weighted by Crippen LogP contribution is 2.23. The van der Waals surface area contributed by atoms with Crippen LogP contribution in [0.3, 0.4) is 0 Å². The van der Waals surface area contributed by atoms with Crippen LogP contribution in [0.15, 0.2) is 48.6 Å². The Morgan fingerprint density at radius 2 is 0.892 bits per heavy atom. The number of esters is 1. The van der Waals surface area contributed by atoms with E-state index in [1.54, 1.807) is 0 Å². The molecule has 1 rings (SSSR count). The number of unbranched alkanes of at least 4 members (excludes halogenated alkanes) is 28. The second-order valence-electron chi connectivity index (χ2n) is 18.7. The van der Waals surface area contributed by atoms with E-state index in [0.29, 0.717) is 13.0 Å². The lowest BCUT2D eigenvalue weighted by Gasteiger charge is -2.39. The molecule has 0 aliphatic carbocycles. The van der Waals surface area contributed by atoms with Crippen LogP contribution in [0.5, 0.6) is 0 Å². The standard InChI is InChI=1S/C56H102O9/c1-3-5-7-9-11-13-15-17-19-21-22-23-24-25-26-27-28-29-31-33-35-37-39-41-43-45-52(58)64-50(49-63-56-55(61)54(60)53(59)51(47-57)65-56)48-62-46-44-42-40-38-36-34-32-30-20-18-16-14-12-10-8-6-4-2/h15,17,20-22,24-25,30,50-51,53-57,59-61H,3-14,16,18-19,23,26-29,31-49H2,1-2H3/b17-15-,22-21-,25-24-,30-20-. The zero-order chi connectivity index (χ0) is 47.1. The van der Waals surface area contributed by atoms with E-state index in [9.17, 15) is 25.2 Å². The number of aliphatic hydroxyl groups is 4. The number of carbonyl (C=O) groups excluding carboxylic acids is 1. The van der Waals surface area contributed by atoms with Gasteiger partial charge in [-0.2, -0.15) is 0 Å². The van der Waals surface area contributed by atoms with E-state index in [4.69, 9.17) is 18.9 Å². The summed E-state index contributed by atoms with van der Waals surface area (Å²) in [6.45, 7) is 4.55. The van der Waals surface area contributed by atoms with Crippen LogP contribution in [0.2, 0.25) is 0 Å². The van der Waals surface area contributed by atoms with Crippen LogP contribution < -0.4 is 0 Å². The largest absolute Gasteiger partial charge is 0.457 e. The molecule has 0 amide bonds. The molecule has 9 heteroatoms. The van der Waals surface area contributed by atoms with Crippen molar-refractivity contribution in [3.63, 3.8) is 0 Å². The first kappa shape index (κ1) is 61.2. The fourth-order valence-electron chi connectivity index (χ4n) is 8.20. The van der Waals surface area contributed by atoms with Gasteiger partial charge in [-0.3, -0.25) is 4.79 Å². The van der Waals surface area contributed by atoms with Crippen molar-refractivity contribution in [3.05, 3.63) is 48.6 Å². The molecule has 4 N–H and O–H groups in total. The van der Waals surface area contributed by atoms with Gasteiger partial charge in [-0.05, 0) is 77.0 Å². The summed E-state index contributed by atoms with van der Waals surface area (Å²) in [5, 5.41) is 40.3. The first-order chi connectivity index (χ1) is 31.9. The maximum Gasteiger partial charge on any atom is 0.306 e. The van der Waals surface area contributed by atoms with Crippen molar-refractivity contribution in [1.29, 1.82) is 0 Å². The highest BCUT2D eigenvalue weighted by molar-refractivity contribution is 5.69. The maximum atomic E-state index is 12.9. The van der Waals surface area contributed by atoms with Gasteiger partial charge in [0.05, 0.1) is 19.8 Å². The van der Waals surface area contributed by atoms with Gasteiger partial charge in [0.25, 0.3) is 0 Å². The van der Waals surface area contributed by atoms with Gasteiger partial charge < -0.3 is 39.4 Å². The van der Waals surface area contributed by atoms with Crippen LogP contribution in [0.25, 0.3) is 0 Å². The van der Waals surface area contributed by atoms with Gasteiger partial charge in [-0.15, -0.1) is 0 Å². The van der Waals surface area contributed by atoms with Gasteiger partial charge in [-0.25, -0.2) is 0 Å². The van der Waals surface area contributed by atoms with E-state index < -0.39 is 43.4 Å². The summed E-state index contributed by atoms with van der Waals surface area (Å²) >= 11 is 0. The Kier molecular flexibility index (Phi) is 44.4. The number of rotatable bonds is 47. The third kappa shape index (κ3) is 37.8. The zero-order valence-corrected chi connectivity index (χ0v) is 42.0. The van der Waals surface area contributed by atoms with Gasteiger partial charge in [0.15, 0.2) is 6.29 Å². The third-order valence-corrected chi connectivity index (χ3v) is 12.5. The van der Waals surface area contributed by atoms with E-state index >= 15 is 0 Å². The van der Waals surface area contributed by atoms with Gasteiger partial charge in [-0.1, -0.05) is 204 Å². The quantitative estimate of drug-likeness (QED) is 0.0267. The molecule has 0 bridgehead atoms. The van der Waals surface area contributed by atoms with Gasteiger partial charge in [0.1, 0.15) is 30.5 Å². The molecule has 1 heterocycles. The molecule has 0 aromatic rings. The predicted octanol–water partition coefficient (Wildman–Crippen LogP) is 13.6. The Labute approximate surface area is 399 Å². The third-order valence-electron chi connectivity index (χ3n) is 12.5. The SMILES string of the molecule is CCCCCCC/C=C\C/C=C\C/C=C\CCCCCCCCCCCCC(=O)OC(COCCCCCCCC/C=C\CCCCCCCCC)COC1OC(CO)C(O)C(O)C1O. The van der Waals surface area contributed by atoms with E-state index in [2.05, 4.69) is 62.5 Å². The van der Waals surface area contributed by atoms with Crippen LogP contribution in [-0.4, -0.2) is 89.6 Å². The van der Waals surface area contributed by atoms with Crippen molar-refractivity contribution in [3.8, 4) is 0 Å². The zero-order valence-electron chi connectivity index (χ0n) is 42.0. The molecule has 0 aromatic heterocycles. The fourth-order valence-corrected chi connectivity index (χ4v) is 8.20. The Bertz CT molecular complexity index is 1140. The van der Waals surface area contributed by atoms with Crippen molar-refractivity contribution >= 4 is 5.97 Å². The number of ether oxygens (including phenoxy) is 4. The Morgan fingerprint density at radius 3 is 1.35 bits per heavy atom. The topological polar surface area (TPSA) is 135 Å². The molecule has 380 valence electrons. The van der Waals surface area contributed by atoms with Crippen LogP contribution in [0, 0.1) is 0 Å². The lowest BCUT2D eigenvalue weighted by Crippen LogP contribution is -2.59. The Hall–Kier alpha value is -1.85. The molecule has 1 aliphatic heterocycles. The first-order valence-corrected chi connectivity index (χ1v) is 27.2. The van der Waals surface area contributed by atoms with E-state index in [1.165, 1.54) is 173 Å². The van der Waals surface area contributed by atoms with Crippen molar-refractivity contribution < 1.29 is 44.2 Å². The summed E-state index contributed by atoms with van der Waals surface area (Å²) in [4.78, 5) is 12.9. The molecule has 1 fully saturated rings. The monoisotopic (exact) mass is 919 g/mol. The Morgan fingerprint density at radius 1 is 0.492 bits per heavy atom. The summed E-state index contributed by atoms with van der Waals surface area (Å²) in [5.74, 6) is -0.318. The number of hydrogen-bond donors (Lipinski definition) is 4. The van der Waals surface area contributed by atoms with Crippen molar-refractivity contribution in [2.24, 2.45) is 0 Å². The normalized spacial score (nSPS) is 19.8. The molecule has 0 saturated carbocycles. The molecule has 1 aliphatic rings. The van der Waals surface area contributed by atoms with Gasteiger partial charge in [0.2, 0.25) is 0 Å². The molecule has 65 heavy (non-hydrogen) atoms. The average Bonchev–Trinajstić information content (AvgIpc) is 3.31. The minimum absolute atomic E-state index is 0.117. The fraction of sp³-hybridized carbons (Fsp3) is 0.839. The summed E-state index contributed by atoms with van der Waals surface area (Å²) in [5.41, 5.74) is 0. The smallest absolute Gasteiger partial charge is 0.306 e. The molecule has 1 saturated heterocycles.